The summed E-state index contributed by atoms with van der Waals surface area (Å²) in [6, 6.07) is 6.62. The van der Waals surface area contributed by atoms with Gasteiger partial charge in [0.05, 0.1) is 22.7 Å². The molecule has 1 aromatic rings. The van der Waals surface area contributed by atoms with Crippen LogP contribution in [0, 0.1) is 27.4 Å². The van der Waals surface area contributed by atoms with Crippen LogP contribution in [0.4, 0.5) is 11.4 Å². The van der Waals surface area contributed by atoms with Crippen molar-refractivity contribution in [1.29, 1.82) is 5.26 Å². The second kappa shape index (κ2) is 6.32. The van der Waals surface area contributed by atoms with Crippen LogP contribution in [0.1, 0.15) is 31.2 Å². The van der Waals surface area contributed by atoms with Gasteiger partial charge in [0, 0.05) is 25.8 Å². The Morgan fingerprint density at radius 1 is 1.32 bits per heavy atom. The summed E-state index contributed by atoms with van der Waals surface area (Å²) < 4.78 is 5.76. The zero-order valence-electron chi connectivity index (χ0n) is 12.4. The first-order chi connectivity index (χ1) is 10.7. The molecule has 1 aromatic carbocycles. The van der Waals surface area contributed by atoms with Gasteiger partial charge in [-0.3, -0.25) is 10.1 Å². The number of hydrogen-bond acceptors (Lipinski definition) is 5. The van der Waals surface area contributed by atoms with Crippen LogP contribution in [0.15, 0.2) is 18.2 Å². The van der Waals surface area contributed by atoms with Crippen molar-refractivity contribution in [3.8, 4) is 6.07 Å². The Morgan fingerprint density at radius 3 is 2.68 bits per heavy atom. The third-order valence-corrected chi connectivity index (χ3v) is 4.67. The lowest BCUT2D eigenvalue weighted by atomic mass is 9.89. The summed E-state index contributed by atoms with van der Waals surface area (Å²) in [5.41, 5.74) is 1.10. The number of nitro benzene ring substituents is 1. The smallest absolute Gasteiger partial charge is 0.292 e. The van der Waals surface area contributed by atoms with Crippen molar-refractivity contribution in [2.24, 2.45) is 5.92 Å². The number of piperidine rings is 1. The predicted molar refractivity (Wildman–Crippen MR) is 81.7 cm³/mol. The average molecular weight is 301 g/mol. The molecule has 2 fully saturated rings. The van der Waals surface area contributed by atoms with Gasteiger partial charge in [-0.15, -0.1) is 0 Å². The topological polar surface area (TPSA) is 79.4 Å². The third kappa shape index (κ3) is 2.90. The number of ether oxygens (including phenoxy) is 1. The molecule has 0 N–H and O–H groups in total. The summed E-state index contributed by atoms with van der Waals surface area (Å²) in [4.78, 5) is 12.9. The number of benzene rings is 1. The Hall–Kier alpha value is -2.13. The molecule has 0 aromatic heterocycles. The largest absolute Gasteiger partial charge is 0.378 e. The normalized spacial score (nSPS) is 22.5. The molecule has 2 aliphatic heterocycles. The molecule has 0 saturated carbocycles. The van der Waals surface area contributed by atoms with Gasteiger partial charge in [-0.1, -0.05) is 0 Å². The third-order valence-electron chi connectivity index (χ3n) is 4.67. The Labute approximate surface area is 129 Å². The van der Waals surface area contributed by atoms with E-state index in [0.717, 1.165) is 45.4 Å². The second-order valence-corrected chi connectivity index (χ2v) is 5.95. The Kier molecular flexibility index (Phi) is 4.25. The summed E-state index contributed by atoms with van der Waals surface area (Å²) in [5, 5.41) is 20.2. The molecule has 2 heterocycles. The molecule has 3 rings (SSSR count). The van der Waals surface area contributed by atoms with E-state index in [4.69, 9.17) is 10.00 Å². The standard InChI is InChI=1S/C16H19N3O3/c17-11-12-3-4-14(19(20)21)15(10-12)18-7-5-13(6-8-18)16-2-1-9-22-16/h3-4,10,13,16H,1-2,5-9H2/t16-/m1/s1. The van der Waals surface area contributed by atoms with Gasteiger partial charge >= 0.3 is 0 Å². The average Bonchev–Trinajstić information content (AvgIpc) is 3.09. The molecule has 0 aliphatic carbocycles. The Bertz CT molecular complexity index is 597. The molecule has 1 atom stereocenters. The molecule has 2 saturated heterocycles. The number of hydrogen-bond donors (Lipinski definition) is 0. The summed E-state index contributed by atoms with van der Waals surface area (Å²) in [5.74, 6) is 0.553. The van der Waals surface area contributed by atoms with Crippen molar-refractivity contribution in [3.63, 3.8) is 0 Å². The zero-order chi connectivity index (χ0) is 15.5. The second-order valence-electron chi connectivity index (χ2n) is 5.95. The van der Waals surface area contributed by atoms with Gasteiger partial charge in [-0.25, -0.2) is 0 Å². The van der Waals surface area contributed by atoms with E-state index in [9.17, 15) is 10.1 Å². The summed E-state index contributed by atoms with van der Waals surface area (Å²) in [6.07, 6.45) is 4.61. The van der Waals surface area contributed by atoms with Crippen molar-refractivity contribution in [1.82, 2.24) is 0 Å². The van der Waals surface area contributed by atoms with Crippen LogP contribution < -0.4 is 4.90 Å². The van der Waals surface area contributed by atoms with Crippen molar-refractivity contribution >= 4 is 11.4 Å². The molecule has 6 nitrogen and oxygen atoms in total. The molecular formula is C16H19N3O3. The fourth-order valence-electron chi connectivity index (χ4n) is 3.49. The number of nitro groups is 1. The lowest BCUT2D eigenvalue weighted by Gasteiger charge is -2.35. The van der Waals surface area contributed by atoms with Gasteiger partial charge in [0.1, 0.15) is 5.69 Å². The first-order valence-electron chi connectivity index (χ1n) is 7.74. The molecule has 116 valence electrons. The predicted octanol–water partition coefficient (Wildman–Crippen LogP) is 2.86. The van der Waals surface area contributed by atoms with E-state index in [2.05, 4.69) is 6.07 Å². The van der Waals surface area contributed by atoms with Crippen molar-refractivity contribution in [3.05, 3.63) is 33.9 Å². The molecule has 0 bridgehead atoms. The molecule has 22 heavy (non-hydrogen) atoms. The maximum absolute atomic E-state index is 11.2. The fraction of sp³-hybridized carbons (Fsp3) is 0.562. The highest BCUT2D eigenvalue weighted by Gasteiger charge is 2.31. The van der Waals surface area contributed by atoms with E-state index in [-0.39, 0.29) is 10.6 Å². The monoisotopic (exact) mass is 301 g/mol. The fourth-order valence-corrected chi connectivity index (χ4v) is 3.49. The summed E-state index contributed by atoms with van der Waals surface area (Å²) >= 11 is 0. The number of nitriles is 1. The lowest BCUT2D eigenvalue weighted by molar-refractivity contribution is -0.384. The Balaban J connectivity index is 1.75. The van der Waals surface area contributed by atoms with Gasteiger partial charge in [0.15, 0.2) is 0 Å². The maximum Gasteiger partial charge on any atom is 0.292 e. The molecule has 0 spiro atoms. The highest BCUT2D eigenvalue weighted by Crippen LogP contribution is 2.35. The van der Waals surface area contributed by atoms with Gasteiger partial charge in [-0.2, -0.15) is 5.26 Å². The van der Waals surface area contributed by atoms with E-state index >= 15 is 0 Å². The Morgan fingerprint density at radius 2 is 2.09 bits per heavy atom. The van der Waals surface area contributed by atoms with Crippen LogP contribution >= 0.6 is 0 Å². The highest BCUT2D eigenvalue weighted by atomic mass is 16.6. The summed E-state index contributed by atoms with van der Waals surface area (Å²) in [6.45, 7) is 2.42. The van der Waals surface area contributed by atoms with E-state index in [0.29, 0.717) is 23.3 Å². The highest BCUT2D eigenvalue weighted by molar-refractivity contribution is 5.66. The van der Waals surface area contributed by atoms with Crippen LogP contribution in [0.2, 0.25) is 0 Å². The molecule has 0 amide bonds. The zero-order valence-corrected chi connectivity index (χ0v) is 12.4. The van der Waals surface area contributed by atoms with Crippen molar-refractivity contribution in [2.45, 2.75) is 31.8 Å². The number of rotatable bonds is 3. The minimum absolute atomic E-state index is 0.0783. The molecular weight excluding hydrogens is 282 g/mol. The quantitative estimate of drug-likeness (QED) is 0.633. The van der Waals surface area contributed by atoms with E-state index < -0.39 is 0 Å². The van der Waals surface area contributed by atoms with Gasteiger partial charge < -0.3 is 9.64 Å². The number of anilines is 1. The van der Waals surface area contributed by atoms with E-state index in [1.807, 2.05) is 4.90 Å². The minimum atomic E-state index is -0.372. The van der Waals surface area contributed by atoms with Crippen LogP contribution in [0.25, 0.3) is 0 Å². The molecule has 0 unspecified atom stereocenters. The minimum Gasteiger partial charge on any atom is -0.378 e. The van der Waals surface area contributed by atoms with Gasteiger partial charge in [0.2, 0.25) is 0 Å². The number of nitrogens with zero attached hydrogens (tertiary/aromatic N) is 3. The van der Waals surface area contributed by atoms with E-state index in [1.54, 1.807) is 6.07 Å². The molecule has 2 aliphatic rings. The molecule has 0 radical (unpaired) electrons. The van der Waals surface area contributed by atoms with Crippen LogP contribution in [0.5, 0.6) is 0 Å². The first-order valence-corrected chi connectivity index (χ1v) is 7.74. The lowest BCUT2D eigenvalue weighted by Crippen LogP contribution is -2.38. The van der Waals surface area contributed by atoms with Crippen molar-refractivity contribution in [2.75, 3.05) is 24.6 Å². The van der Waals surface area contributed by atoms with Gasteiger partial charge in [0.25, 0.3) is 5.69 Å². The van der Waals surface area contributed by atoms with Gasteiger partial charge in [-0.05, 0) is 43.7 Å². The van der Waals surface area contributed by atoms with Crippen LogP contribution in [0.3, 0.4) is 0 Å². The van der Waals surface area contributed by atoms with Crippen molar-refractivity contribution < 1.29 is 9.66 Å². The van der Waals surface area contributed by atoms with Crippen LogP contribution in [-0.2, 0) is 4.74 Å². The molecule has 6 heteroatoms. The van der Waals surface area contributed by atoms with Crippen LogP contribution in [-0.4, -0.2) is 30.7 Å². The maximum atomic E-state index is 11.2. The SMILES string of the molecule is N#Cc1ccc([N+](=O)[O-])c(N2CCC([C@H]3CCCO3)CC2)c1. The first kappa shape index (κ1) is 14.8. The summed E-state index contributed by atoms with van der Waals surface area (Å²) in [7, 11) is 0. The van der Waals surface area contributed by atoms with E-state index in [1.165, 1.54) is 12.1 Å².